The number of nitrogens with zero attached hydrogens (tertiary/aromatic N) is 3. The molecule has 15 heavy (non-hydrogen) atoms. The van der Waals surface area contributed by atoms with Gasteiger partial charge in [0.05, 0.1) is 11.3 Å². The van der Waals surface area contributed by atoms with E-state index in [0.29, 0.717) is 5.02 Å². The fraction of sp³-hybridized carbons (Fsp3) is 0.200. The summed E-state index contributed by atoms with van der Waals surface area (Å²) < 4.78 is 2.00. The summed E-state index contributed by atoms with van der Waals surface area (Å²) in [6, 6.07) is 3.67. The first-order valence-corrected chi connectivity index (χ1v) is 5.03. The monoisotopic (exact) mass is 222 g/mol. The Balaban J connectivity index is 1.81. The molecule has 0 aliphatic heterocycles. The van der Waals surface area contributed by atoms with Crippen LogP contribution in [0.25, 0.3) is 0 Å². The molecule has 0 fully saturated rings. The standard InChI is InChI=1S/C10H11ClN4/c11-9-1-2-10(14-7-9)13-4-6-15-5-3-12-8-15/h1-3,5,7-8H,4,6H2,(H,13,14). The lowest BCUT2D eigenvalue weighted by atomic mass is 10.4. The van der Waals surface area contributed by atoms with Gasteiger partial charge in [0.25, 0.3) is 0 Å². The van der Waals surface area contributed by atoms with Crippen molar-refractivity contribution in [2.45, 2.75) is 6.54 Å². The van der Waals surface area contributed by atoms with Crippen LogP contribution in [0.5, 0.6) is 0 Å². The van der Waals surface area contributed by atoms with Gasteiger partial charge in [-0.1, -0.05) is 11.6 Å². The van der Waals surface area contributed by atoms with E-state index in [2.05, 4.69) is 15.3 Å². The highest BCUT2D eigenvalue weighted by atomic mass is 35.5. The molecule has 0 aromatic carbocycles. The first-order chi connectivity index (χ1) is 7.34. The van der Waals surface area contributed by atoms with E-state index in [-0.39, 0.29) is 0 Å². The quantitative estimate of drug-likeness (QED) is 0.861. The first kappa shape index (κ1) is 9.98. The molecule has 2 aromatic heterocycles. The molecule has 0 saturated carbocycles. The third-order valence-electron chi connectivity index (χ3n) is 1.96. The number of nitrogens with one attached hydrogen (secondary N) is 1. The average Bonchev–Trinajstić information content (AvgIpc) is 2.74. The summed E-state index contributed by atoms with van der Waals surface area (Å²) in [7, 11) is 0. The fourth-order valence-electron chi connectivity index (χ4n) is 1.21. The summed E-state index contributed by atoms with van der Waals surface area (Å²) in [5.41, 5.74) is 0. The molecule has 0 saturated heterocycles. The number of aromatic nitrogens is 3. The third kappa shape index (κ3) is 2.95. The van der Waals surface area contributed by atoms with E-state index >= 15 is 0 Å². The summed E-state index contributed by atoms with van der Waals surface area (Å²) in [5, 5.41) is 3.84. The molecule has 0 bridgehead atoms. The Labute approximate surface area is 92.9 Å². The summed E-state index contributed by atoms with van der Waals surface area (Å²) in [6.07, 6.45) is 7.11. The maximum atomic E-state index is 5.72. The molecular weight excluding hydrogens is 212 g/mol. The van der Waals surface area contributed by atoms with Gasteiger partial charge in [-0.25, -0.2) is 9.97 Å². The van der Waals surface area contributed by atoms with Crippen LogP contribution < -0.4 is 5.32 Å². The van der Waals surface area contributed by atoms with Gasteiger partial charge < -0.3 is 9.88 Å². The van der Waals surface area contributed by atoms with Crippen LogP contribution in [0.15, 0.2) is 37.1 Å². The molecule has 2 rings (SSSR count). The van der Waals surface area contributed by atoms with Crippen molar-refractivity contribution in [3.05, 3.63) is 42.1 Å². The topological polar surface area (TPSA) is 42.7 Å². The van der Waals surface area contributed by atoms with Gasteiger partial charge in [0.2, 0.25) is 0 Å². The van der Waals surface area contributed by atoms with E-state index in [9.17, 15) is 0 Å². The molecule has 4 nitrogen and oxygen atoms in total. The highest BCUT2D eigenvalue weighted by Crippen LogP contribution is 2.08. The van der Waals surface area contributed by atoms with Crippen molar-refractivity contribution in [3.63, 3.8) is 0 Å². The van der Waals surface area contributed by atoms with Crippen LogP contribution in [0.2, 0.25) is 5.02 Å². The lowest BCUT2D eigenvalue weighted by Crippen LogP contribution is -2.09. The number of hydrogen-bond acceptors (Lipinski definition) is 3. The number of hydrogen-bond donors (Lipinski definition) is 1. The van der Waals surface area contributed by atoms with Crippen LogP contribution in [-0.4, -0.2) is 21.1 Å². The van der Waals surface area contributed by atoms with Crippen LogP contribution in [0.1, 0.15) is 0 Å². The number of halogens is 1. The Hall–Kier alpha value is -1.55. The van der Waals surface area contributed by atoms with E-state index in [1.54, 1.807) is 18.7 Å². The zero-order chi connectivity index (χ0) is 10.5. The second kappa shape index (κ2) is 4.79. The normalized spacial score (nSPS) is 10.2. The van der Waals surface area contributed by atoms with E-state index in [1.165, 1.54) is 0 Å². The zero-order valence-corrected chi connectivity index (χ0v) is 8.85. The molecule has 0 radical (unpaired) electrons. The Morgan fingerprint density at radius 2 is 2.33 bits per heavy atom. The predicted octanol–water partition coefficient (Wildman–Crippen LogP) is 2.04. The minimum absolute atomic E-state index is 0.648. The van der Waals surface area contributed by atoms with Crippen molar-refractivity contribution in [2.75, 3.05) is 11.9 Å². The summed E-state index contributed by atoms with van der Waals surface area (Å²) in [6.45, 7) is 1.68. The molecule has 0 spiro atoms. The van der Waals surface area contributed by atoms with E-state index in [0.717, 1.165) is 18.9 Å². The third-order valence-corrected chi connectivity index (χ3v) is 2.19. The first-order valence-electron chi connectivity index (χ1n) is 4.66. The van der Waals surface area contributed by atoms with Crippen LogP contribution in [0, 0.1) is 0 Å². The molecule has 5 heteroatoms. The fourth-order valence-corrected chi connectivity index (χ4v) is 1.32. The van der Waals surface area contributed by atoms with Gasteiger partial charge in [0.15, 0.2) is 0 Å². The molecule has 2 aromatic rings. The lowest BCUT2D eigenvalue weighted by molar-refractivity contribution is 0.725. The Kier molecular flexibility index (Phi) is 3.19. The van der Waals surface area contributed by atoms with Crippen molar-refractivity contribution in [3.8, 4) is 0 Å². The van der Waals surface area contributed by atoms with Gasteiger partial charge in [-0.3, -0.25) is 0 Å². The highest BCUT2D eigenvalue weighted by molar-refractivity contribution is 6.30. The van der Waals surface area contributed by atoms with Crippen LogP contribution in [0.3, 0.4) is 0 Å². The van der Waals surface area contributed by atoms with E-state index in [4.69, 9.17) is 11.6 Å². The van der Waals surface area contributed by atoms with E-state index < -0.39 is 0 Å². The molecule has 2 heterocycles. The van der Waals surface area contributed by atoms with Crippen LogP contribution in [-0.2, 0) is 6.54 Å². The lowest BCUT2D eigenvalue weighted by Gasteiger charge is -2.05. The number of anilines is 1. The van der Waals surface area contributed by atoms with Gasteiger partial charge >= 0.3 is 0 Å². The SMILES string of the molecule is Clc1ccc(NCCn2ccnc2)nc1. The van der Waals surface area contributed by atoms with Crippen molar-refractivity contribution >= 4 is 17.4 Å². The second-order valence-corrected chi connectivity index (χ2v) is 3.53. The Bertz CT molecular complexity index is 396. The average molecular weight is 223 g/mol. The summed E-state index contributed by atoms with van der Waals surface area (Å²) in [5.74, 6) is 0.833. The van der Waals surface area contributed by atoms with Gasteiger partial charge in [-0.15, -0.1) is 0 Å². The molecular formula is C10H11ClN4. The molecule has 0 amide bonds. The largest absolute Gasteiger partial charge is 0.368 e. The second-order valence-electron chi connectivity index (χ2n) is 3.09. The van der Waals surface area contributed by atoms with Crippen molar-refractivity contribution in [1.82, 2.24) is 14.5 Å². The van der Waals surface area contributed by atoms with Crippen molar-refractivity contribution in [2.24, 2.45) is 0 Å². The van der Waals surface area contributed by atoms with Crippen molar-refractivity contribution in [1.29, 1.82) is 0 Å². The number of pyridine rings is 1. The summed E-state index contributed by atoms with van der Waals surface area (Å²) >= 11 is 5.72. The van der Waals surface area contributed by atoms with Crippen LogP contribution in [0.4, 0.5) is 5.82 Å². The van der Waals surface area contributed by atoms with E-state index in [1.807, 2.05) is 22.9 Å². The molecule has 1 N–H and O–H groups in total. The zero-order valence-electron chi connectivity index (χ0n) is 8.10. The van der Waals surface area contributed by atoms with Gasteiger partial charge in [0.1, 0.15) is 5.82 Å². The molecule has 0 aliphatic carbocycles. The highest BCUT2D eigenvalue weighted by Gasteiger charge is 1.93. The van der Waals surface area contributed by atoms with Crippen LogP contribution >= 0.6 is 11.6 Å². The van der Waals surface area contributed by atoms with Gasteiger partial charge in [0, 0.05) is 31.7 Å². The van der Waals surface area contributed by atoms with Gasteiger partial charge in [-0.2, -0.15) is 0 Å². The Morgan fingerprint density at radius 1 is 1.40 bits per heavy atom. The Morgan fingerprint density at radius 3 is 3.00 bits per heavy atom. The molecule has 78 valence electrons. The van der Waals surface area contributed by atoms with Gasteiger partial charge in [-0.05, 0) is 12.1 Å². The maximum Gasteiger partial charge on any atom is 0.126 e. The summed E-state index contributed by atoms with van der Waals surface area (Å²) in [4.78, 5) is 8.09. The molecule has 0 atom stereocenters. The van der Waals surface area contributed by atoms with Crippen molar-refractivity contribution < 1.29 is 0 Å². The minimum atomic E-state index is 0.648. The minimum Gasteiger partial charge on any atom is -0.368 e. The number of imidazole rings is 1. The molecule has 0 aliphatic rings. The smallest absolute Gasteiger partial charge is 0.126 e. The molecule has 0 unspecified atom stereocenters. The predicted molar refractivity (Wildman–Crippen MR) is 60.0 cm³/mol. The number of rotatable bonds is 4. The maximum absolute atomic E-state index is 5.72.